The minimum absolute atomic E-state index is 0.300. The number of pyridine rings is 1. The van der Waals surface area contributed by atoms with Crippen LogP contribution in [0.15, 0.2) is 55.0 Å². The molecule has 2 saturated heterocycles. The van der Waals surface area contributed by atoms with Gasteiger partial charge in [0.15, 0.2) is 17.3 Å². The van der Waals surface area contributed by atoms with Gasteiger partial charge in [0.25, 0.3) is 0 Å². The third-order valence-electron chi connectivity index (χ3n) is 7.31. The second kappa shape index (κ2) is 9.70. The van der Waals surface area contributed by atoms with E-state index in [4.69, 9.17) is 9.72 Å². The molecule has 6 heterocycles. The number of nitrogens with zero attached hydrogens (tertiary/aromatic N) is 8. The smallest absolute Gasteiger partial charge is 0.168 e. The molecular formula is C27H25F2N9O. The summed E-state index contributed by atoms with van der Waals surface area (Å²) in [7, 11) is 0. The maximum atomic E-state index is 14.6. The van der Waals surface area contributed by atoms with Crippen molar-refractivity contribution < 1.29 is 13.5 Å². The average Bonchev–Trinajstić information content (AvgIpc) is 3.74. The lowest BCUT2D eigenvalue weighted by Gasteiger charge is -2.27. The van der Waals surface area contributed by atoms with E-state index in [0.29, 0.717) is 60.4 Å². The average molecular weight is 530 g/mol. The van der Waals surface area contributed by atoms with E-state index in [0.717, 1.165) is 37.0 Å². The van der Waals surface area contributed by atoms with Crippen LogP contribution in [0.5, 0.6) is 0 Å². The van der Waals surface area contributed by atoms with Gasteiger partial charge in [-0.3, -0.25) is 0 Å². The van der Waals surface area contributed by atoms with Crippen molar-refractivity contribution in [2.75, 3.05) is 42.6 Å². The van der Waals surface area contributed by atoms with E-state index in [1.54, 1.807) is 16.9 Å². The van der Waals surface area contributed by atoms with E-state index in [-0.39, 0.29) is 6.04 Å². The van der Waals surface area contributed by atoms with Crippen molar-refractivity contribution in [3.05, 3.63) is 72.2 Å². The number of aromatic nitrogens is 7. The van der Waals surface area contributed by atoms with E-state index >= 15 is 0 Å². The largest absolute Gasteiger partial charge is 0.378 e. The van der Waals surface area contributed by atoms with E-state index < -0.39 is 11.6 Å². The van der Waals surface area contributed by atoms with E-state index in [1.165, 1.54) is 12.1 Å². The van der Waals surface area contributed by atoms with Gasteiger partial charge in [0, 0.05) is 43.2 Å². The summed E-state index contributed by atoms with van der Waals surface area (Å²) in [6, 6.07) is 9.02. The van der Waals surface area contributed by atoms with Crippen LogP contribution >= 0.6 is 0 Å². The van der Waals surface area contributed by atoms with Crippen molar-refractivity contribution >= 4 is 17.3 Å². The number of halogens is 2. The van der Waals surface area contributed by atoms with Crippen molar-refractivity contribution in [1.82, 2.24) is 34.8 Å². The van der Waals surface area contributed by atoms with Crippen molar-refractivity contribution in [3.63, 3.8) is 0 Å². The number of hydrogen-bond donors (Lipinski definition) is 1. The second-order valence-corrected chi connectivity index (χ2v) is 9.65. The molecule has 4 aromatic heterocycles. The lowest BCUT2D eigenvalue weighted by atomic mass is 10.0. The number of benzene rings is 1. The SMILES string of the molecule is Fc1ccc(F)c([C@H]2CCCN2c2ccn3ncc(-c4nnc(-c5ccnc(N6CCOCC6)c5)[nH]4)c3n2)c1. The molecule has 12 heteroatoms. The molecule has 2 aliphatic rings. The maximum absolute atomic E-state index is 14.6. The summed E-state index contributed by atoms with van der Waals surface area (Å²) >= 11 is 0. The van der Waals surface area contributed by atoms with Gasteiger partial charge >= 0.3 is 0 Å². The van der Waals surface area contributed by atoms with Crippen LogP contribution in [0.25, 0.3) is 28.4 Å². The first-order valence-corrected chi connectivity index (χ1v) is 12.9. The van der Waals surface area contributed by atoms with Gasteiger partial charge in [0.2, 0.25) is 0 Å². The van der Waals surface area contributed by atoms with Gasteiger partial charge in [-0.25, -0.2) is 23.3 Å². The van der Waals surface area contributed by atoms with Gasteiger partial charge in [-0.1, -0.05) is 0 Å². The molecule has 0 amide bonds. The predicted octanol–water partition coefficient (Wildman–Crippen LogP) is 4.03. The van der Waals surface area contributed by atoms with Crippen molar-refractivity contribution in [1.29, 1.82) is 0 Å². The zero-order chi connectivity index (χ0) is 26.3. The summed E-state index contributed by atoms with van der Waals surface area (Å²) < 4.78 is 35.7. The van der Waals surface area contributed by atoms with Crippen molar-refractivity contribution in [2.45, 2.75) is 18.9 Å². The van der Waals surface area contributed by atoms with Crippen LogP contribution in [0.1, 0.15) is 24.4 Å². The molecule has 0 bridgehead atoms. The Kier molecular flexibility index (Phi) is 5.88. The minimum atomic E-state index is -0.452. The lowest BCUT2D eigenvalue weighted by molar-refractivity contribution is 0.122. The van der Waals surface area contributed by atoms with Gasteiger partial charge in [0.05, 0.1) is 31.0 Å². The quantitative estimate of drug-likeness (QED) is 0.364. The zero-order valence-corrected chi connectivity index (χ0v) is 21.0. The van der Waals surface area contributed by atoms with Crippen LogP contribution in [-0.4, -0.2) is 67.6 Å². The number of aromatic amines is 1. The zero-order valence-electron chi connectivity index (χ0n) is 21.0. The Morgan fingerprint density at radius 1 is 0.949 bits per heavy atom. The summed E-state index contributed by atoms with van der Waals surface area (Å²) in [4.78, 5) is 16.9. The summed E-state index contributed by atoms with van der Waals surface area (Å²) in [6.07, 6.45) is 6.83. The molecule has 0 aliphatic carbocycles. The fourth-order valence-electron chi connectivity index (χ4n) is 5.36. The summed E-state index contributed by atoms with van der Waals surface area (Å²) in [5, 5.41) is 13.2. The number of hydrogen-bond acceptors (Lipinski definition) is 8. The number of fused-ring (bicyclic) bond motifs is 1. The molecule has 1 aromatic carbocycles. The van der Waals surface area contributed by atoms with Crippen molar-refractivity contribution in [2.24, 2.45) is 0 Å². The molecule has 1 atom stereocenters. The predicted molar refractivity (Wildman–Crippen MR) is 140 cm³/mol. The highest BCUT2D eigenvalue weighted by Crippen LogP contribution is 2.37. The molecule has 0 saturated carbocycles. The lowest BCUT2D eigenvalue weighted by Crippen LogP contribution is -2.36. The number of anilines is 2. The Bertz CT molecular complexity index is 1650. The molecule has 5 aromatic rings. The molecule has 39 heavy (non-hydrogen) atoms. The first kappa shape index (κ1) is 23.7. The Labute approximate surface area is 222 Å². The molecular weight excluding hydrogens is 504 g/mol. The summed E-state index contributed by atoms with van der Waals surface area (Å²) in [6.45, 7) is 3.62. The van der Waals surface area contributed by atoms with Gasteiger partial charge in [0.1, 0.15) is 23.3 Å². The first-order valence-electron chi connectivity index (χ1n) is 12.9. The Morgan fingerprint density at radius 2 is 1.82 bits per heavy atom. The van der Waals surface area contributed by atoms with Crippen LogP contribution < -0.4 is 9.80 Å². The van der Waals surface area contributed by atoms with Gasteiger partial charge in [-0.2, -0.15) is 5.10 Å². The van der Waals surface area contributed by atoms with E-state index in [9.17, 15) is 8.78 Å². The number of H-pyrrole nitrogens is 1. The molecule has 0 unspecified atom stereocenters. The molecule has 10 nitrogen and oxygen atoms in total. The van der Waals surface area contributed by atoms with Crippen LogP contribution in [0.4, 0.5) is 20.4 Å². The van der Waals surface area contributed by atoms with Crippen LogP contribution in [0.2, 0.25) is 0 Å². The van der Waals surface area contributed by atoms with Gasteiger partial charge in [-0.15, -0.1) is 10.2 Å². The highest BCUT2D eigenvalue weighted by atomic mass is 19.1. The number of ether oxygens (including phenoxy) is 1. The first-order chi connectivity index (χ1) is 19.1. The molecule has 0 spiro atoms. The van der Waals surface area contributed by atoms with E-state index in [2.05, 4.69) is 30.2 Å². The van der Waals surface area contributed by atoms with Gasteiger partial charge < -0.3 is 19.5 Å². The highest BCUT2D eigenvalue weighted by molar-refractivity contribution is 5.74. The Hall–Kier alpha value is -4.45. The molecule has 0 radical (unpaired) electrons. The second-order valence-electron chi connectivity index (χ2n) is 9.65. The molecule has 198 valence electrons. The Balaban J connectivity index is 1.20. The third kappa shape index (κ3) is 4.36. The minimum Gasteiger partial charge on any atom is -0.378 e. The van der Waals surface area contributed by atoms with Crippen LogP contribution in [-0.2, 0) is 4.74 Å². The molecule has 2 aliphatic heterocycles. The number of rotatable bonds is 5. The monoisotopic (exact) mass is 529 g/mol. The van der Waals surface area contributed by atoms with Crippen LogP contribution in [0, 0.1) is 11.6 Å². The summed E-state index contributed by atoms with van der Waals surface area (Å²) in [5.41, 5.74) is 2.49. The van der Waals surface area contributed by atoms with Crippen molar-refractivity contribution in [3.8, 4) is 22.8 Å². The normalized spacial score (nSPS) is 17.8. The number of morpholine rings is 1. The third-order valence-corrected chi connectivity index (χ3v) is 7.31. The van der Waals surface area contributed by atoms with E-state index in [1.807, 2.05) is 29.3 Å². The standard InChI is InChI=1S/C27H25F2N9O/c28-18-3-4-21(29)19(15-18)22-2-1-8-37(22)23-6-9-38-27(32-23)20(16-31-38)26-33-25(34-35-26)17-5-7-30-24(14-17)36-10-12-39-13-11-36/h3-7,9,14-16,22H,1-2,8,10-13H2,(H,33,34,35)/t22-/m1/s1. The summed E-state index contributed by atoms with van der Waals surface area (Å²) in [5.74, 6) is 1.81. The topological polar surface area (TPSA) is 100 Å². The molecule has 7 rings (SSSR count). The van der Waals surface area contributed by atoms with Crippen LogP contribution in [0.3, 0.4) is 0 Å². The Morgan fingerprint density at radius 3 is 2.72 bits per heavy atom. The van der Waals surface area contributed by atoms with Gasteiger partial charge in [-0.05, 0) is 49.2 Å². The highest BCUT2D eigenvalue weighted by Gasteiger charge is 2.30. The fourth-order valence-corrected chi connectivity index (χ4v) is 5.36. The molecule has 2 fully saturated rings. The number of nitrogens with one attached hydrogen (secondary N) is 1. The maximum Gasteiger partial charge on any atom is 0.168 e. The molecule has 1 N–H and O–H groups in total. The fraction of sp³-hybridized carbons (Fsp3) is 0.296.